The molecule has 2 aromatic carbocycles. The lowest BCUT2D eigenvalue weighted by molar-refractivity contribution is -0.157. The molecule has 0 aliphatic heterocycles. The summed E-state index contributed by atoms with van der Waals surface area (Å²) in [5.41, 5.74) is 2.02. The predicted octanol–water partition coefficient (Wildman–Crippen LogP) is 3.31. The molecule has 6 nitrogen and oxygen atoms in total. The second kappa shape index (κ2) is 8.17. The summed E-state index contributed by atoms with van der Waals surface area (Å²) in [4.78, 5) is 33.9. The van der Waals surface area contributed by atoms with Gasteiger partial charge in [-0.1, -0.05) is 30.3 Å². The van der Waals surface area contributed by atoms with Gasteiger partial charge in [-0.15, -0.1) is 0 Å². The van der Waals surface area contributed by atoms with Gasteiger partial charge < -0.3 is 10.1 Å². The Morgan fingerprint density at radius 3 is 2.36 bits per heavy atom. The number of rotatable bonds is 5. The van der Waals surface area contributed by atoms with E-state index in [0.717, 1.165) is 5.56 Å². The smallest absolute Gasteiger partial charge is 0.329 e. The minimum atomic E-state index is -0.799. The number of benzene rings is 2. The predicted molar refractivity (Wildman–Crippen MR) is 107 cm³/mol. The second-order valence-electron chi connectivity index (χ2n) is 7.51. The van der Waals surface area contributed by atoms with Crippen LogP contribution in [0.5, 0.6) is 0 Å². The van der Waals surface area contributed by atoms with Crippen molar-refractivity contribution in [2.45, 2.75) is 38.8 Å². The molecule has 0 spiro atoms. The van der Waals surface area contributed by atoms with Crippen LogP contribution in [0.4, 0.5) is 0 Å². The molecule has 1 atom stereocenters. The summed E-state index contributed by atoms with van der Waals surface area (Å²) in [5.74, 6) is -0.829. The average molecular weight is 377 g/mol. The number of nitrogens with zero attached hydrogens (tertiary/aromatic N) is 2. The molecule has 0 saturated heterocycles. The zero-order valence-electron chi connectivity index (χ0n) is 16.2. The van der Waals surface area contributed by atoms with Crippen molar-refractivity contribution in [3.8, 4) is 0 Å². The van der Waals surface area contributed by atoms with E-state index in [0.29, 0.717) is 23.0 Å². The van der Waals surface area contributed by atoms with Crippen LogP contribution in [0.25, 0.3) is 11.0 Å². The number of carbonyl (C=O) groups is 2. The highest BCUT2D eigenvalue weighted by Gasteiger charge is 2.27. The highest BCUT2D eigenvalue weighted by molar-refractivity contribution is 5.99. The summed E-state index contributed by atoms with van der Waals surface area (Å²) >= 11 is 0. The van der Waals surface area contributed by atoms with Gasteiger partial charge in [-0.2, -0.15) is 0 Å². The molecule has 1 heterocycles. The Bertz CT molecular complexity index is 981. The van der Waals surface area contributed by atoms with Gasteiger partial charge in [0.25, 0.3) is 5.91 Å². The zero-order chi connectivity index (χ0) is 20.1. The van der Waals surface area contributed by atoms with E-state index in [9.17, 15) is 9.59 Å². The number of hydrogen-bond acceptors (Lipinski definition) is 5. The number of nitrogens with one attached hydrogen (secondary N) is 1. The standard InChI is InChI=1S/C22H23N3O3/c1-22(2,3)28-21(27)19(13-15-7-5-4-6-8-15)25-20(26)16-9-10-17-18(14-16)24-12-11-23-17/h4-12,14,19H,13H2,1-3H3,(H,25,26)/t19-/m0/s1. The van der Waals surface area contributed by atoms with Crippen LogP contribution >= 0.6 is 0 Å². The van der Waals surface area contributed by atoms with Gasteiger partial charge in [0.1, 0.15) is 11.6 Å². The van der Waals surface area contributed by atoms with E-state index < -0.39 is 17.6 Å². The van der Waals surface area contributed by atoms with E-state index in [1.807, 2.05) is 30.3 Å². The maximum absolute atomic E-state index is 12.8. The Morgan fingerprint density at radius 2 is 1.68 bits per heavy atom. The van der Waals surface area contributed by atoms with Crippen molar-refractivity contribution in [3.05, 3.63) is 72.1 Å². The number of amides is 1. The zero-order valence-corrected chi connectivity index (χ0v) is 16.2. The van der Waals surface area contributed by atoms with Gasteiger partial charge in [0.2, 0.25) is 0 Å². The first-order valence-corrected chi connectivity index (χ1v) is 9.10. The van der Waals surface area contributed by atoms with Gasteiger partial charge in [0.15, 0.2) is 0 Å². The number of esters is 1. The van der Waals surface area contributed by atoms with E-state index in [1.54, 1.807) is 51.4 Å². The van der Waals surface area contributed by atoms with Crippen LogP contribution in [0.15, 0.2) is 60.9 Å². The Morgan fingerprint density at radius 1 is 1.00 bits per heavy atom. The first-order valence-electron chi connectivity index (χ1n) is 9.10. The first-order chi connectivity index (χ1) is 13.3. The molecule has 0 radical (unpaired) electrons. The van der Waals surface area contributed by atoms with Gasteiger partial charge in [-0.3, -0.25) is 14.8 Å². The topological polar surface area (TPSA) is 81.2 Å². The van der Waals surface area contributed by atoms with Gasteiger partial charge in [0.05, 0.1) is 11.0 Å². The highest BCUT2D eigenvalue weighted by Crippen LogP contribution is 2.14. The third kappa shape index (κ3) is 5.13. The fraction of sp³-hybridized carbons (Fsp3) is 0.273. The number of aromatic nitrogens is 2. The molecule has 6 heteroatoms. The largest absolute Gasteiger partial charge is 0.458 e. The number of ether oxygens (including phenoxy) is 1. The molecule has 0 unspecified atom stereocenters. The van der Waals surface area contributed by atoms with Crippen LogP contribution in [0.1, 0.15) is 36.7 Å². The van der Waals surface area contributed by atoms with E-state index in [-0.39, 0.29) is 5.91 Å². The average Bonchev–Trinajstić information content (AvgIpc) is 2.66. The molecule has 0 aliphatic rings. The van der Waals surface area contributed by atoms with Crippen molar-refractivity contribution < 1.29 is 14.3 Å². The number of carbonyl (C=O) groups excluding carboxylic acids is 2. The molecule has 0 bridgehead atoms. The summed E-state index contributed by atoms with van der Waals surface area (Å²) < 4.78 is 5.50. The summed E-state index contributed by atoms with van der Waals surface area (Å²) in [5, 5.41) is 2.81. The van der Waals surface area contributed by atoms with Crippen LogP contribution in [-0.2, 0) is 16.0 Å². The van der Waals surface area contributed by atoms with Crippen LogP contribution in [0.3, 0.4) is 0 Å². The molecule has 28 heavy (non-hydrogen) atoms. The molecule has 0 fully saturated rings. The van der Waals surface area contributed by atoms with E-state index >= 15 is 0 Å². The molecule has 0 aliphatic carbocycles. The monoisotopic (exact) mass is 377 g/mol. The van der Waals surface area contributed by atoms with Crippen molar-refractivity contribution in [1.29, 1.82) is 0 Å². The molecule has 1 amide bonds. The summed E-state index contributed by atoms with van der Waals surface area (Å²) in [6.07, 6.45) is 3.51. The lowest BCUT2D eigenvalue weighted by atomic mass is 10.0. The fourth-order valence-electron chi connectivity index (χ4n) is 2.76. The maximum Gasteiger partial charge on any atom is 0.329 e. The summed E-state index contributed by atoms with van der Waals surface area (Å²) in [7, 11) is 0. The summed E-state index contributed by atoms with van der Waals surface area (Å²) in [6, 6.07) is 13.8. The lowest BCUT2D eigenvalue weighted by Gasteiger charge is -2.24. The van der Waals surface area contributed by atoms with Crippen LogP contribution < -0.4 is 5.32 Å². The molecule has 0 saturated carbocycles. The van der Waals surface area contributed by atoms with Gasteiger partial charge in [-0.05, 0) is 44.5 Å². The van der Waals surface area contributed by atoms with Gasteiger partial charge in [-0.25, -0.2) is 4.79 Å². The lowest BCUT2D eigenvalue weighted by Crippen LogP contribution is -2.45. The fourth-order valence-corrected chi connectivity index (χ4v) is 2.76. The van der Waals surface area contributed by atoms with Crippen molar-refractivity contribution >= 4 is 22.9 Å². The van der Waals surface area contributed by atoms with Crippen LogP contribution in [0, 0.1) is 0 Å². The Hall–Kier alpha value is -3.28. The molecule has 3 aromatic rings. The van der Waals surface area contributed by atoms with Crippen molar-refractivity contribution in [3.63, 3.8) is 0 Å². The second-order valence-corrected chi connectivity index (χ2v) is 7.51. The van der Waals surface area contributed by atoms with E-state index in [2.05, 4.69) is 15.3 Å². The van der Waals surface area contributed by atoms with Crippen molar-refractivity contribution in [1.82, 2.24) is 15.3 Å². The minimum Gasteiger partial charge on any atom is -0.458 e. The third-order valence-corrected chi connectivity index (χ3v) is 4.01. The molecule has 1 aromatic heterocycles. The minimum absolute atomic E-state index is 0.342. The molecule has 3 rings (SSSR count). The highest BCUT2D eigenvalue weighted by atomic mass is 16.6. The Balaban J connectivity index is 1.82. The number of fused-ring (bicyclic) bond motifs is 1. The number of hydrogen-bond donors (Lipinski definition) is 1. The van der Waals surface area contributed by atoms with Gasteiger partial charge >= 0.3 is 5.97 Å². The Kier molecular flexibility index (Phi) is 5.68. The van der Waals surface area contributed by atoms with Crippen LogP contribution in [0.2, 0.25) is 0 Å². The first kappa shape index (κ1) is 19.5. The van der Waals surface area contributed by atoms with E-state index in [4.69, 9.17) is 4.74 Å². The molecular weight excluding hydrogens is 354 g/mol. The van der Waals surface area contributed by atoms with Crippen molar-refractivity contribution in [2.75, 3.05) is 0 Å². The quantitative estimate of drug-likeness (QED) is 0.690. The SMILES string of the molecule is CC(C)(C)OC(=O)[C@H](Cc1ccccc1)NC(=O)c1ccc2nccnc2c1. The Labute approximate surface area is 164 Å². The van der Waals surface area contributed by atoms with E-state index in [1.165, 1.54) is 0 Å². The van der Waals surface area contributed by atoms with Gasteiger partial charge in [0, 0.05) is 24.4 Å². The summed E-state index contributed by atoms with van der Waals surface area (Å²) in [6.45, 7) is 5.40. The van der Waals surface area contributed by atoms with Crippen molar-refractivity contribution in [2.24, 2.45) is 0 Å². The molecule has 1 N–H and O–H groups in total. The molecule has 144 valence electrons. The third-order valence-electron chi connectivity index (χ3n) is 4.01. The normalized spacial score (nSPS) is 12.4. The van der Waals surface area contributed by atoms with Crippen LogP contribution in [-0.4, -0.2) is 33.5 Å². The molecular formula is C22H23N3O3. The maximum atomic E-state index is 12.8.